The van der Waals surface area contributed by atoms with E-state index in [1.54, 1.807) is 0 Å². The van der Waals surface area contributed by atoms with Crippen LogP contribution in [0, 0.1) is 35.3 Å². The Morgan fingerprint density at radius 1 is 0.783 bits per heavy atom. The van der Waals surface area contributed by atoms with Crippen molar-refractivity contribution in [2.45, 2.75) is 71.1 Å². The predicted octanol–water partition coefficient (Wildman–Crippen LogP) is 6.53. The number of hydrogen-bond donors (Lipinski definition) is 0. The van der Waals surface area contributed by atoms with Crippen molar-refractivity contribution in [2.24, 2.45) is 23.7 Å². The second-order valence-electron chi connectivity index (χ2n) is 8.12. The van der Waals surface area contributed by atoms with E-state index in [0.29, 0.717) is 0 Å². The zero-order valence-corrected chi connectivity index (χ0v) is 14.4. The molecule has 2 heteroatoms. The van der Waals surface area contributed by atoms with Crippen LogP contribution in [-0.2, 0) is 6.42 Å². The van der Waals surface area contributed by atoms with Gasteiger partial charge in [-0.1, -0.05) is 32.6 Å². The topological polar surface area (TPSA) is 0 Å². The van der Waals surface area contributed by atoms with E-state index in [2.05, 4.69) is 6.92 Å². The average molecular weight is 320 g/mol. The molecule has 0 saturated heterocycles. The molecule has 0 N–H and O–H groups in total. The van der Waals surface area contributed by atoms with Crippen LogP contribution in [-0.4, -0.2) is 0 Å². The SMILES string of the molecule is CC1CCC(C2CCC(CCc3cc(F)cc(F)c3)CC2)CC1. The lowest BCUT2D eigenvalue weighted by Gasteiger charge is -2.37. The van der Waals surface area contributed by atoms with Crippen molar-refractivity contribution >= 4 is 0 Å². The maximum atomic E-state index is 13.2. The first kappa shape index (κ1) is 16.9. The minimum absolute atomic E-state index is 0.449. The zero-order chi connectivity index (χ0) is 16.2. The molecule has 0 bridgehead atoms. The van der Waals surface area contributed by atoms with Gasteiger partial charge in [0.25, 0.3) is 0 Å². The van der Waals surface area contributed by atoms with Crippen molar-refractivity contribution in [1.82, 2.24) is 0 Å². The Hall–Kier alpha value is -0.920. The lowest BCUT2D eigenvalue weighted by molar-refractivity contribution is 0.148. The van der Waals surface area contributed by atoms with E-state index in [0.717, 1.165) is 48.1 Å². The summed E-state index contributed by atoms with van der Waals surface area (Å²) < 4.78 is 26.5. The second-order valence-corrected chi connectivity index (χ2v) is 8.12. The third-order valence-corrected chi connectivity index (χ3v) is 6.38. The number of benzene rings is 1. The molecule has 0 atom stereocenters. The van der Waals surface area contributed by atoms with Crippen LogP contribution in [0.2, 0.25) is 0 Å². The minimum atomic E-state index is -0.449. The minimum Gasteiger partial charge on any atom is -0.207 e. The fraction of sp³-hybridized carbons (Fsp3) is 0.714. The van der Waals surface area contributed by atoms with Crippen molar-refractivity contribution in [2.75, 3.05) is 0 Å². The molecule has 0 amide bonds. The van der Waals surface area contributed by atoms with Gasteiger partial charge in [0.1, 0.15) is 11.6 Å². The summed E-state index contributed by atoms with van der Waals surface area (Å²) in [6, 6.07) is 3.93. The van der Waals surface area contributed by atoms with E-state index in [9.17, 15) is 8.78 Å². The molecule has 0 aromatic heterocycles. The van der Waals surface area contributed by atoms with E-state index < -0.39 is 11.6 Å². The molecule has 0 heterocycles. The first-order valence-electron chi connectivity index (χ1n) is 9.55. The monoisotopic (exact) mass is 320 g/mol. The molecule has 0 nitrogen and oxygen atoms in total. The standard InChI is InChI=1S/C21H30F2/c1-15-2-8-18(9-3-15)19-10-6-16(7-11-19)4-5-17-12-20(22)14-21(23)13-17/h12-16,18-19H,2-11H2,1H3. The van der Waals surface area contributed by atoms with Crippen molar-refractivity contribution in [3.05, 3.63) is 35.4 Å². The molecule has 0 aliphatic heterocycles. The van der Waals surface area contributed by atoms with Crippen LogP contribution in [0.3, 0.4) is 0 Å². The van der Waals surface area contributed by atoms with Gasteiger partial charge in [0, 0.05) is 6.07 Å². The summed E-state index contributed by atoms with van der Waals surface area (Å²) in [5.41, 5.74) is 0.811. The Balaban J connectivity index is 1.42. The van der Waals surface area contributed by atoms with Gasteiger partial charge >= 0.3 is 0 Å². The molecule has 0 radical (unpaired) electrons. The van der Waals surface area contributed by atoms with E-state index in [-0.39, 0.29) is 0 Å². The van der Waals surface area contributed by atoms with Gasteiger partial charge in [-0.05, 0) is 79.9 Å². The molecule has 2 fully saturated rings. The van der Waals surface area contributed by atoms with Crippen LogP contribution < -0.4 is 0 Å². The highest BCUT2D eigenvalue weighted by molar-refractivity contribution is 5.18. The van der Waals surface area contributed by atoms with Crippen LogP contribution in [0.15, 0.2) is 18.2 Å². The highest BCUT2D eigenvalue weighted by Crippen LogP contribution is 2.42. The van der Waals surface area contributed by atoms with Crippen molar-refractivity contribution in [3.63, 3.8) is 0 Å². The Labute approximate surface area is 139 Å². The summed E-state index contributed by atoms with van der Waals surface area (Å²) in [5.74, 6) is 2.72. The van der Waals surface area contributed by atoms with Crippen LogP contribution in [0.5, 0.6) is 0 Å². The van der Waals surface area contributed by atoms with Crippen molar-refractivity contribution in [1.29, 1.82) is 0 Å². The predicted molar refractivity (Wildman–Crippen MR) is 91.2 cm³/mol. The quantitative estimate of drug-likeness (QED) is 0.591. The molecule has 23 heavy (non-hydrogen) atoms. The van der Waals surface area contributed by atoms with E-state index in [1.807, 2.05) is 0 Å². The number of halogens is 2. The normalized spacial score (nSPS) is 32.0. The molecule has 3 rings (SSSR count). The third kappa shape index (κ3) is 4.78. The Morgan fingerprint density at radius 2 is 1.30 bits per heavy atom. The molecule has 0 spiro atoms. The van der Waals surface area contributed by atoms with Gasteiger partial charge in [0.05, 0.1) is 0 Å². The summed E-state index contributed by atoms with van der Waals surface area (Å²) in [6.45, 7) is 2.39. The van der Waals surface area contributed by atoms with Crippen molar-refractivity contribution in [3.8, 4) is 0 Å². The molecule has 0 unspecified atom stereocenters. The van der Waals surface area contributed by atoms with E-state index in [4.69, 9.17) is 0 Å². The second kappa shape index (κ2) is 7.77. The number of hydrogen-bond acceptors (Lipinski definition) is 0. The van der Waals surface area contributed by atoms with Gasteiger partial charge in [0.2, 0.25) is 0 Å². The first-order valence-corrected chi connectivity index (χ1v) is 9.55. The summed E-state index contributed by atoms with van der Waals surface area (Å²) >= 11 is 0. The number of aryl methyl sites for hydroxylation is 1. The van der Waals surface area contributed by atoms with Gasteiger partial charge in [-0.25, -0.2) is 8.78 Å². The molecule has 2 saturated carbocycles. The maximum Gasteiger partial charge on any atom is 0.126 e. The Bertz CT molecular complexity index is 474. The molecule has 2 aliphatic rings. The summed E-state index contributed by atoms with van der Waals surface area (Å²) in [6.07, 6.45) is 13.0. The van der Waals surface area contributed by atoms with Gasteiger partial charge in [0.15, 0.2) is 0 Å². The van der Waals surface area contributed by atoms with Crippen LogP contribution in [0.1, 0.15) is 70.3 Å². The molecular formula is C21H30F2. The van der Waals surface area contributed by atoms with Crippen LogP contribution in [0.25, 0.3) is 0 Å². The van der Waals surface area contributed by atoms with Gasteiger partial charge in [-0.2, -0.15) is 0 Å². The summed E-state index contributed by atoms with van der Waals surface area (Å²) in [5, 5.41) is 0. The van der Waals surface area contributed by atoms with Gasteiger partial charge in [-0.15, -0.1) is 0 Å². The Morgan fingerprint density at radius 3 is 1.87 bits per heavy atom. The van der Waals surface area contributed by atoms with Gasteiger partial charge < -0.3 is 0 Å². The molecule has 1 aromatic carbocycles. The molecule has 2 aliphatic carbocycles. The highest BCUT2D eigenvalue weighted by atomic mass is 19.1. The largest absolute Gasteiger partial charge is 0.207 e. The van der Waals surface area contributed by atoms with Gasteiger partial charge in [-0.3, -0.25) is 0 Å². The van der Waals surface area contributed by atoms with Crippen LogP contribution >= 0.6 is 0 Å². The fourth-order valence-electron chi connectivity index (χ4n) is 4.83. The van der Waals surface area contributed by atoms with Crippen LogP contribution in [0.4, 0.5) is 8.78 Å². The Kier molecular flexibility index (Phi) is 5.71. The highest BCUT2D eigenvalue weighted by Gasteiger charge is 2.29. The average Bonchev–Trinajstić information content (AvgIpc) is 2.53. The lowest BCUT2D eigenvalue weighted by Crippen LogP contribution is -2.25. The van der Waals surface area contributed by atoms with E-state index >= 15 is 0 Å². The fourth-order valence-corrected chi connectivity index (χ4v) is 4.83. The van der Waals surface area contributed by atoms with E-state index in [1.165, 1.54) is 63.5 Å². The third-order valence-electron chi connectivity index (χ3n) is 6.38. The number of rotatable bonds is 4. The smallest absolute Gasteiger partial charge is 0.126 e. The van der Waals surface area contributed by atoms with Crippen molar-refractivity contribution < 1.29 is 8.78 Å². The molecule has 1 aromatic rings. The lowest BCUT2D eigenvalue weighted by atomic mass is 9.69. The summed E-state index contributed by atoms with van der Waals surface area (Å²) in [7, 11) is 0. The molecule has 128 valence electrons. The zero-order valence-electron chi connectivity index (χ0n) is 14.4. The maximum absolute atomic E-state index is 13.2. The first-order chi connectivity index (χ1) is 11.1. The summed E-state index contributed by atoms with van der Waals surface area (Å²) in [4.78, 5) is 0. The molecular weight excluding hydrogens is 290 g/mol.